The summed E-state index contributed by atoms with van der Waals surface area (Å²) in [6, 6.07) is 4.83. The van der Waals surface area contributed by atoms with Crippen LogP contribution in [-0.2, 0) is 11.2 Å². The Labute approximate surface area is 125 Å². The van der Waals surface area contributed by atoms with Gasteiger partial charge in [0.05, 0.1) is 13.2 Å². The normalized spacial score (nSPS) is 16.5. The molecule has 3 nitrogen and oxygen atoms in total. The van der Waals surface area contributed by atoms with Crippen LogP contribution in [-0.4, -0.2) is 50.8 Å². The van der Waals surface area contributed by atoms with Crippen molar-refractivity contribution in [1.29, 1.82) is 0 Å². The predicted octanol–water partition coefficient (Wildman–Crippen LogP) is 2.33. The maximum Gasteiger partial charge on any atom is 0.127 e. The van der Waals surface area contributed by atoms with Gasteiger partial charge >= 0.3 is 0 Å². The van der Waals surface area contributed by atoms with Crippen molar-refractivity contribution >= 4 is 11.6 Å². The average molecular weight is 301 g/mol. The van der Waals surface area contributed by atoms with E-state index in [1.54, 1.807) is 12.1 Å². The summed E-state index contributed by atoms with van der Waals surface area (Å²) in [5, 5.41) is 3.86. The Bertz CT molecular complexity index is 391. The second kappa shape index (κ2) is 8.57. The third-order valence-corrected chi connectivity index (χ3v) is 3.90. The van der Waals surface area contributed by atoms with Crippen LogP contribution in [0.25, 0.3) is 0 Å². The minimum absolute atomic E-state index is 0.215. The molecule has 112 valence electrons. The molecule has 1 aromatic carbocycles. The monoisotopic (exact) mass is 300 g/mol. The lowest BCUT2D eigenvalue weighted by atomic mass is 10.1. The van der Waals surface area contributed by atoms with E-state index in [0.29, 0.717) is 17.0 Å². The van der Waals surface area contributed by atoms with Crippen molar-refractivity contribution in [3.8, 4) is 0 Å². The fraction of sp³-hybridized carbons (Fsp3) is 0.600. The topological polar surface area (TPSA) is 24.5 Å². The first-order valence-electron chi connectivity index (χ1n) is 7.21. The van der Waals surface area contributed by atoms with Gasteiger partial charge in [-0.15, -0.1) is 0 Å². The highest BCUT2D eigenvalue weighted by molar-refractivity contribution is 6.31. The smallest absolute Gasteiger partial charge is 0.127 e. The Hall–Kier alpha value is -0.680. The number of hydrogen-bond acceptors (Lipinski definition) is 3. The van der Waals surface area contributed by atoms with Crippen molar-refractivity contribution < 1.29 is 9.13 Å². The highest BCUT2D eigenvalue weighted by atomic mass is 35.5. The van der Waals surface area contributed by atoms with Gasteiger partial charge in [-0.05, 0) is 44.6 Å². The Morgan fingerprint density at radius 3 is 2.80 bits per heavy atom. The van der Waals surface area contributed by atoms with E-state index in [2.05, 4.69) is 10.2 Å². The summed E-state index contributed by atoms with van der Waals surface area (Å²) < 4.78 is 18.8. The van der Waals surface area contributed by atoms with E-state index in [9.17, 15) is 4.39 Å². The first kappa shape index (κ1) is 15.7. The molecule has 1 saturated heterocycles. The minimum Gasteiger partial charge on any atom is -0.379 e. The molecular weight excluding hydrogens is 279 g/mol. The largest absolute Gasteiger partial charge is 0.379 e. The molecule has 1 N–H and O–H groups in total. The lowest BCUT2D eigenvalue weighted by molar-refractivity contribution is 0.0375. The predicted molar refractivity (Wildman–Crippen MR) is 79.9 cm³/mol. The Morgan fingerprint density at radius 1 is 1.25 bits per heavy atom. The molecular formula is C15H22ClFN2O. The first-order valence-corrected chi connectivity index (χ1v) is 7.59. The fourth-order valence-electron chi connectivity index (χ4n) is 2.36. The van der Waals surface area contributed by atoms with E-state index in [1.165, 1.54) is 6.07 Å². The van der Waals surface area contributed by atoms with Crippen LogP contribution in [0.15, 0.2) is 18.2 Å². The summed E-state index contributed by atoms with van der Waals surface area (Å²) in [7, 11) is 0. The molecule has 2 rings (SSSR count). The van der Waals surface area contributed by atoms with E-state index < -0.39 is 0 Å². The van der Waals surface area contributed by atoms with Gasteiger partial charge in [-0.3, -0.25) is 4.90 Å². The number of ether oxygens (including phenoxy) is 1. The van der Waals surface area contributed by atoms with Gasteiger partial charge in [-0.1, -0.05) is 17.7 Å². The number of hydrogen-bond donors (Lipinski definition) is 1. The number of nitrogens with zero attached hydrogens (tertiary/aromatic N) is 1. The molecule has 0 unspecified atom stereocenters. The van der Waals surface area contributed by atoms with E-state index in [4.69, 9.17) is 16.3 Å². The lowest BCUT2D eigenvalue weighted by Gasteiger charge is -2.26. The van der Waals surface area contributed by atoms with Gasteiger partial charge in [-0.2, -0.15) is 0 Å². The molecule has 0 aliphatic carbocycles. The van der Waals surface area contributed by atoms with Crippen LogP contribution in [0.2, 0.25) is 5.02 Å². The van der Waals surface area contributed by atoms with Gasteiger partial charge in [-0.25, -0.2) is 4.39 Å². The molecule has 0 atom stereocenters. The number of nitrogens with one attached hydrogen (secondary N) is 1. The second-order valence-electron chi connectivity index (χ2n) is 5.01. The maximum absolute atomic E-state index is 13.5. The number of benzene rings is 1. The van der Waals surface area contributed by atoms with Crippen LogP contribution in [0.3, 0.4) is 0 Å². The average Bonchev–Trinajstić information content (AvgIpc) is 2.46. The Kier molecular flexibility index (Phi) is 6.73. The van der Waals surface area contributed by atoms with Crippen LogP contribution in [0.5, 0.6) is 0 Å². The van der Waals surface area contributed by atoms with Gasteiger partial charge in [0.25, 0.3) is 0 Å². The lowest BCUT2D eigenvalue weighted by Crippen LogP contribution is -2.37. The molecule has 0 spiro atoms. The molecule has 1 aliphatic rings. The van der Waals surface area contributed by atoms with Gasteiger partial charge < -0.3 is 10.1 Å². The summed E-state index contributed by atoms with van der Waals surface area (Å²) in [5.74, 6) is -0.215. The van der Waals surface area contributed by atoms with E-state index in [-0.39, 0.29) is 5.82 Å². The van der Waals surface area contributed by atoms with Gasteiger partial charge in [0.15, 0.2) is 0 Å². The highest BCUT2D eigenvalue weighted by Crippen LogP contribution is 2.18. The summed E-state index contributed by atoms with van der Waals surface area (Å²) in [5.41, 5.74) is 0.606. The summed E-state index contributed by atoms with van der Waals surface area (Å²) in [6.45, 7) is 6.55. The second-order valence-corrected chi connectivity index (χ2v) is 5.41. The van der Waals surface area contributed by atoms with Gasteiger partial charge in [0.1, 0.15) is 5.82 Å². The quantitative estimate of drug-likeness (QED) is 0.782. The van der Waals surface area contributed by atoms with Crippen molar-refractivity contribution in [3.05, 3.63) is 34.6 Å². The molecule has 1 aliphatic heterocycles. The zero-order valence-electron chi connectivity index (χ0n) is 11.7. The standard InChI is InChI=1S/C15H22ClFN2O/c16-14-3-1-4-15(17)13(14)5-7-18-6-2-8-19-9-11-20-12-10-19/h1,3-4,18H,2,5-12H2. The summed E-state index contributed by atoms with van der Waals surface area (Å²) >= 11 is 5.98. The first-order chi connectivity index (χ1) is 9.77. The summed E-state index contributed by atoms with van der Waals surface area (Å²) in [6.07, 6.45) is 1.73. The van der Waals surface area contributed by atoms with E-state index in [0.717, 1.165) is 52.4 Å². The van der Waals surface area contributed by atoms with E-state index >= 15 is 0 Å². The molecule has 0 aromatic heterocycles. The maximum atomic E-state index is 13.5. The zero-order valence-corrected chi connectivity index (χ0v) is 12.5. The molecule has 0 bridgehead atoms. The molecule has 1 fully saturated rings. The van der Waals surface area contributed by atoms with Crippen LogP contribution in [0, 0.1) is 5.82 Å². The molecule has 1 heterocycles. The van der Waals surface area contributed by atoms with Gasteiger partial charge in [0.2, 0.25) is 0 Å². The third kappa shape index (κ3) is 5.02. The van der Waals surface area contributed by atoms with Crippen LogP contribution >= 0.6 is 11.6 Å². The molecule has 1 aromatic rings. The SMILES string of the molecule is Fc1cccc(Cl)c1CCNCCCN1CCOCC1. The third-order valence-electron chi connectivity index (χ3n) is 3.55. The molecule has 20 heavy (non-hydrogen) atoms. The molecule has 5 heteroatoms. The molecule has 0 saturated carbocycles. The Morgan fingerprint density at radius 2 is 2.05 bits per heavy atom. The van der Waals surface area contributed by atoms with Crippen molar-refractivity contribution in [2.45, 2.75) is 12.8 Å². The van der Waals surface area contributed by atoms with Crippen LogP contribution in [0.4, 0.5) is 4.39 Å². The number of rotatable bonds is 7. The Balaban J connectivity index is 1.57. The summed E-state index contributed by atoms with van der Waals surface area (Å²) in [4.78, 5) is 2.42. The minimum atomic E-state index is -0.215. The van der Waals surface area contributed by atoms with Crippen molar-refractivity contribution in [3.63, 3.8) is 0 Å². The van der Waals surface area contributed by atoms with Crippen molar-refractivity contribution in [1.82, 2.24) is 10.2 Å². The van der Waals surface area contributed by atoms with Crippen molar-refractivity contribution in [2.24, 2.45) is 0 Å². The van der Waals surface area contributed by atoms with Crippen molar-refractivity contribution in [2.75, 3.05) is 45.9 Å². The number of morpholine rings is 1. The van der Waals surface area contributed by atoms with Crippen LogP contribution in [0.1, 0.15) is 12.0 Å². The van der Waals surface area contributed by atoms with Gasteiger partial charge in [0, 0.05) is 23.7 Å². The number of halogens is 2. The highest BCUT2D eigenvalue weighted by Gasteiger charge is 2.09. The van der Waals surface area contributed by atoms with E-state index in [1.807, 2.05) is 0 Å². The zero-order chi connectivity index (χ0) is 14.2. The molecule has 0 radical (unpaired) electrons. The van der Waals surface area contributed by atoms with Crippen LogP contribution < -0.4 is 5.32 Å². The fourth-order valence-corrected chi connectivity index (χ4v) is 2.62. The molecule has 0 amide bonds.